The van der Waals surface area contributed by atoms with Crippen molar-refractivity contribution in [2.45, 2.75) is 170 Å². The maximum atomic E-state index is 5.35. The summed E-state index contributed by atoms with van der Waals surface area (Å²) < 4.78 is 6.21. The lowest BCUT2D eigenvalue weighted by atomic mass is 9.65. The van der Waals surface area contributed by atoms with E-state index in [1.807, 2.05) is 23.1 Å². The minimum atomic E-state index is 0.436. The number of fused-ring (bicyclic) bond motifs is 1. The van der Waals surface area contributed by atoms with Crippen LogP contribution in [0.2, 0.25) is 0 Å². The second-order valence-electron chi connectivity index (χ2n) is 17.6. The quantitative estimate of drug-likeness (QED) is 0.243. The molecule has 0 N–H and O–H groups in total. The number of hydrogen-bond acceptors (Lipinski definition) is 5. The fourth-order valence-corrected chi connectivity index (χ4v) is 11.6. The Labute approximate surface area is 335 Å². The van der Waals surface area contributed by atoms with Crippen LogP contribution in [0.1, 0.15) is 156 Å². The van der Waals surface area contributed by atoms with E-state index in [0.29, 0.717) is 5.44 Å². The molecule has 51 heavy (non-hydrogen) atoms. The summed E-state index contributed by atoms with van der Waals surface area (Å²) in [4.78, 5) is 2.80. The molecule has 5 heteroatoms. The van der Waals surface area contributed by atoms with Gasteiger partial charge in [0.15, 0.2) is 0 Å². The maximum absolute atomic E-state index is 5.35. The van der Waals surface area contributed by atoms with E-state index in [4.69, 9.17) is 4.74 Å². The molecule has 0 spiro atoms. The molecule has 2 saturated heterocycles. The van der Waals surface area contributed by atoms with Gasteiger partial charge in [0, 0.05) is 20.1 Å². The van der Waals surface area contributed by atoms with Crippen molar-refractivity contribution in [1.82, 2.24) is 0 Å². The van der Waals surface area contributed by atoms with Crippen LogP contribution in [-0.4, -0.2) is 33.9 Å². The molecule has 0 aromatic carbocycles. The zero-order valence-electron chi connectivity index (χ0n) is 35.4. The molecule has 1 aromatic heterocycles. The van der Waals surface area contributed by atoms with Gasteiger partial charge in [-0.25, -0.2) is 0 Å². The van der Waals surface area contributed by atoms with Crippen molar-refractivity contribution >= 4 is 46.6 Å². The normalized spacial score (nSPS) is 34.5. The van der Waals surface area contributed by atoms with Gasteiger partial charge in [-0.1, -0.05) is 77.7 Å². The van der Waals surface area contributed by atoms with E-state index in [2.05, 4.69) is 131 Å². The predicted octanol–water partition coefficient (Wildman–Crippen LogP) is 15.9. The van der Waals surface area contributed by atoms with Gasteiger partial charge in [0.05, 0.1) is 12.0 Å². The maximum Gasteiger partial charge on any atom is 0.0999 e. The lowest BCUT2D eigenvalue weighted by Crippen LogP contribution is -2.29. The number of rotatable bonds is 0. The highest BCUT2D eigenvalue weighted by Crippen LogP contribution is 2.44. The van der Waals surface area contributed by atoms with Crippen LogP contribution in [-0.2, 0) is 4.74 Å². The molecule has 1 nitrogen and oxygen atoms in total. The fraction of sp³-hybridized carbons (Fsp3) is 0.826. The standard InChI is InChI=1S/C12H22.2C8H14.C6H12OS.C6H12S2.C6H8S/c1-9-3-5-12-8-10(2)4-6-11(12)7-9;2*1-7-3-5-8(2)6-4-7;2*1-5-3-7-6(2)8-4-5;1-5-3-4-6(2)7-5/h9-12H,3-8H2,1-2H3;2*3,8H,4-6H2,1-2H3;2*5-6H,3-4H2,1-2H3;3-4H,1-2H3. The first-order valence-corrected chi connectivity index (χ1v) is 25.0. The summed E-state index contributed by atoms with van der Waals surface area (Å²) >= 11 is 7.92. The predicted molar refractivity (Wildman–Crippen MR) is 241 cm³/mol. The Morgan fingerprint density at radius 2 is 0.961 bits per heavy atom. The molecule has 0 bridgehead atoms. The number of thioether (sulfide) groups is 3. The van der Waals surface area contributed by atoms with Gasteiger partial charge in [0.2, 0.25) is 0 Å². The summed E-state index contributed by atoms with van der Waals surface area (Å²) in [5, 5.41) is 0. The Bertz CT molecular complexity index is 974. The minimum absolute atomic E-state index is 0.436. The number of aryl methyl sites for hydroxylation is 2. The Balaban J connectivity index is 0.000000214. The van der Waals surface area contributed by atoms with Gasteiger partial charge >= 0.3 is 0 Å². The highest BCUT2D eigenvalue weighted by Gasteiger charge is 2.32. The molecule has 8 unspecified atom stereocenters. The van der Waals surface area contributed by atoms with Crippen molar-refractivity contribution in [3.05, 3.63) is 45.2 Å². The Morgan fingerprint density at radius 3 is 1.25 bits per heavy atom. The summed E-state index contributed by atoms with van der Waals surface area (Å²) in [5.41, 5.74) is 3.61. The topological polar surface area (TPSA) is 9.23 Å². The van der Waals surface area contributed by atoms with Gasteiger partial charge in [-0.05, 0) is 177 Å². The minimum Gasteiger partial charge on any atom is -0.368 e. The Kier molecular flexibility index (Phi) is 25.0. The van der Waals surface area contributed by atoms with Crippen molar-refractivity contribution in [3.8, 4) is 0 Å². The second kappa shape index (κ2) is 26.9. The third-order valence-corrected chi connectivity index (χ3v) is 16.8. The Hall–Kier alpha value is 0.190. The van der Waals surface area contributed by atoms with Crippen LogP contribution in [0, 0.1) is 61.2 Å². The molecular formula is C46H82OS4. The lowest BCUT2D eigenvalue weighted by molar-refractivity contribution is 0.0915. The molecule has 8 atom stereocenters. The van der Waals surface area contributed by atoms with Crippen molar-refractivity contribution in [3.63, 3.8) is 0 Å². The fourth-order valence-electron chi connectivity index (χ4n) is 7.50. The van der Waals surface area contributed by atoms with Gasteiger partial charge in [-0.15, -0.1) is 46.6 Å². The summed E-state index contributed by atoms with van der Waals surface area (Å²) in [6.07, 6.45) is 22.0. The molecule has 296 valence electrons. The average molecular weight is 779 g/mol. The van der Waals surface area contributed by atoms with Crippen LogP contribution in [0.5, 0.6) is 0 Å². The smallest absolute Gasteiger partial charge is 0.0999 e. The van der Waals surface area contributed by atoms with Gasteiger partial charge in [0.25, 0.3) is 0 Å². The molecule has 2 aliphatic heterocycles. The van der Waals surface area contributed by atoms with E-state index in [0.717, 1.165) is 58.5 Å². The van der Waals surface area contributed by atoms with Crippen LogP contribution in [0.25, 0.3) is 0 Å². The lowest BCUT2D eigenvalue weighted by Gasteiger charge is -2.40. The summed E-state index contributed by atoms with van der Waals surface area (Å²) in [6.45, 7) is 28.1. The van der Waals surface area contributed by atoms with Gasteiger partial charge in [-0.3, -0.25) is 0 Å². The summed E-state index contributed by atoms with van der Waals surface area (Å²) in [6, 6.07) is 4.28. The van der Waals surface area contributed by atoms with Crippen LogP contribution in [0.15, 0.2) is 35.4 Å². The van der Waals surface area contributed by atoms with E-state index in [1.165, 1.54) is 104 Å². The molecule has 0 radical (unpaired) electrons. The van der Waals surface area contributed by atoms with Crippen molar-refractivity contribution in [2.75, 3.05) is 23.9 Å². The van der Waals surface area contributed by atoms with Crippen LogP contribution < -0.4 is 0 Å². The van der Waals surface area contributed by atoms with Crippen LogP contribution >= 0.6 is 46.6 Å². The third kappa shape index (κ3) is 23.0. The molecular weight excluding hydrogens is 697 g/mol. The Morgan fingerprint density at radius 1 is 0.510 bits per heavy atom. The molecule has 7 rings (SSSR count). The van der Waals surface area contributed by atoms with E-state index in [1.54, 1.807) is 11.1 Å². The molecule has 3 heterocycles. The van der Waals surface area contributed by atoms with E-state index >= 15 is 0 Å². The average Bonchev–Trinajstić information content (AvgIpc) is 3.50. The number of thiophene rings is 1. The highest BCUT2D eigenvalue weighted by atomic mass is 32.2. The third-order valence-electron chi connectivity index (χ3n) is 11.3. The number of ether oxygens (including phenoxy) is 1. The highest BCUT2D eigenvalue weighted by molar-refractivity contribution is 8.17. The van der Waals surface area contributed by atoms with E-state index < -0.39 is 0 Å². The zero-order valence-corrected chi connectivity index (χ0v) is 38.7. The zero-order chi connectivity index (χ0) is 37.8. The number of hydrogen-bond donors (Lipinski definition) is 0. The molecule has 4 fully saturated rings. The van der Waals surface area contributed by atoms with Crippen molar-refractivity contribution in [1.29, 1.82) is 0 Å². The van der Waals surface area contributed by atoms with E-state index in [-0.39, 0.29) is 0 Å². The second-order valence-corrected chi connectivity index (χ2v) is 23.4. The van der Waals surface area contributed by atoms with E-state index in [9.17, 15) is 0 Å². The van der Waals surface area contributed by atoms with Crippen molar-refractivity contribution in [2.24, 2.45) is 47.3 Å². The largest absolute Gasteiger partial charge is 0.368 e. The molecule has 6 aliphatic rings. The van der Waals surface area contributed by atoms with Gasteiger partial charge < -0.3 is 4.74 Å². The van der Waals surface area contributed by atoms with Crippen LogP contribution in [0.4, 0.5) is 0 Å². The molecule has 0 amide bonds. The summed E-state index contributed by atoms with van der Waals surface area (Å²) in [5.74, 6) is 11.9. The first kappa shape index (κ1) is 47.3. The molecule has 4 aliphatic carbocycles. The van der Waals surface area contributed by atoms with Gasteiger partial charge in [-0.2, -0.15) is 0 Å². The first-order valence-electron chi connectivity index (χ1n) is 21.0. The summed E-state index contributed by atoms with van der Waals surface area (Å²) in [7, 11) is 0. The molecule has 2 saturated carbocycles. The van der Waals surface area contributed by atoms with Crippen molar-refractivity contribution < 1.29 is 4.74 Å². The van der Waals surface area contributed by atoms with Gasteiger partial charge in [0.1, 0.15) is 0 Å². The van der Waals surface area contributed by atoms with Crippen LogP contribution in [0.3, 0.4) is 0 Å². The SMILES string of the molecule is CC1=CCC(C)CC1.CC1=CCC(C)CC1.CC1CCC2CC(C)CCC2C1.CC1COC(C)SC1.CC1CSC(C)SC1.Cc1ccc(C)s1. The first-order chi connectivity index (χ1) is 24.2. The molecule has 1 aromatic rings. The monoisotopic (exact) mass is 779 g/mol. The number of allylic oxidation sites excluding steroid dienone is 4.